The Morgan fingerprint density at radius 2 is 1.93 bits per heavy atom. The Morgan fingerprint density at radius 3 is 2.59 bits per heavy atom. The lowest BCUT2D eigenvalue weighted by Gasteiger charge is -2.29. The Hall–Kier alpha value is -2.34. The van der Waals surface area contributed by atoms with Gasteiger partial charge in [-0.05, 0) is 50.1 Å². The van der Waals surface area contributed by atoms with Gasteiger partial charge in [-0.2, -0.15) is 0 Å². The zero-order valence-electron chi connectivity index (χ0n) is 15.7. The molecule has 6 heteroatoms. The summed E-state index contributed by atoms with van der Waals surface area (Å²) in [5.74, 6) is -0.0302. The van der Waals surface area contributed by atoms with Crippen molar-refractivity contribution >= 4 is 27.9 Å². The van der Waals surface area contributed by atoms with E-state index in [1.807, 2.05) is 69.3 Å². The molecule has 0 saturated heterocycles. The normalized spacial score (nSPS) is 14.7. The van der Waals surface area contributed by atoms with E-state index in [0.717, 1.165) is 15.6 Å². The standard InChI is InChI=1S/C21H23BrN2O3/c1-21(2,3)27-20(26)23-12-18(14-7-5-4-6-8-14)24-13-15-11-16(22)9-10-17(15)19(24)25/h4-11,18H,12-13H2,1-3H3,(H,23,26)/t18-/m1/s1. The van der Waals surface area contributed by atoms with E-state index in [4.69, 9.17) is 4.74 Å². The molecule has 1 heterocycles. The van der Waals surface area contributed by atoms with Crippen LogP contribution in [0.25, 0.3) is 0 Å². The smallest absolute Gasteiger partial charge is 0.407 e. The molecule has 3 rings (SSSR count). The van der Waals surface area contributed by atoms with E-state index in [2.05, 4.69) is 21.2 Å². The minimum atomic E-state index is -0.571. The second kappa shape index (κ2) is 7.72. The molecule has 1 N–H and O–H groups in total. The van der Waals surface area contributed by atoms with Crippen molar-refractivity contribution in [2.45, 2.75) is 39.0 Å². The largest absolute Gasteiger partial charge is 0.444 e. The van der Waals surface area contributed by atoms with Crippen LogP contribution in [0.4, 0.5) is 4.79 Å². The maximum Gasteiger partial charge on any atom is 0.407 e. The second-order valence-electron chi connectivity index (χ2n) is 7.54. The number of alkyl carbamates (subject to hydrolysis) is 1. The van der Waals surface area contributed by atoms with E-state index in [0.29, 0.717) is 12.1 Å². The Kier molecular flexibility index (Phi) is 5.56. The zero-order chi connectivity index (χ0) is 19.6. The highest BCUT2D eigenvalue weighted by Gasteiger charge is 2.34. The molecule has 0 fully saturated rings. The van der Waals surface area contributed by atoms with Crippen molar-refractivity contribution in [1.29, 1.82) is 0 Å². The highest BCUT2D eigenvalue weighted by atomic mass is 79.9. The Labute approximate surface area is 167 Å². The van der Waals surface area contributed by atoms with Gasteiger partial charge in [0.2, 0.25) is 0 Å². The lowest BCUT2D eigenvalue weighted by Crippen LogP contribution is -2.40. The third kappa shape index (κ3) is 4.69. The number of nitrogens with one attached hydrogen (secondary N) is 1. The first-order chi connectivity index (χ1) is 12.7. The van der Waals surface area contributed by atoms with E-state index >= 15 is 0 Å². The van der Waals surface area contributed by atoms with E-state index in [1.165, 1.54) is 0 Å². The van der Waals surface area contributed by atoms with E-state index in [1.54, 1.807) is 4.90 Å². The van der Waals surface area contributed by atoms with Crippen LogP contribution in [-0.2, 0) is 11.3 Å². The topological polar surface area (TPSA) is 58.6 Å². The SMILES string of the molecule is CC(C)(C)OC(=O)NC[C@H](c1ccccc1)N1Cc2cc(Br)ccc2C1=O. The summed E-state index contributed by atoms with van der Waals surface area (Å²) < 4.78 is 6.27. The molecule has 0 aromatic heterocycles. The van der Waals surface area contributed by atoms with Crippen LogP contribution >= 0.6 is 15.9 Å². The molecule has 27 heavy (non-hydrogen) atoms. The number of hydrogen-bond donors (Lipinski definition) is 1. The second-order valence-corrected chi connectivity index (χ2v) is 8.46. The van der Waals surface area contributed by atoms with Crippen molar-refractivity contribution in [2.24, 2.45) is 0 Å². The summed E-state index contributed by atoms with van der Waals surface area (Å²) in [4.78, 5) is 26.9. The van der Waals surface area contributed by atoms with Crippen LogP contribution in [0.1, 0.15) is 48.3 Å². The van der Waals surface area contributed by atoms with Crippen molar-refractivity contribution in [1.82, 2.24) is 10.2 Å². The number of benzene rings is 2. The molecule has 1 aliphatic heterocycles. The molecule has 0 unspecified atom stereocenters. The predicted molar refractivity (Wildman–Crippen MR) is 107 cm³/mol. The van der Waals surface area contributed by atoms with Gasteiger partial charge in [-0.3, -0.25) is 4.79 Å². The monoisotopic (exact) mass is 430 g/mol. The number of rotatable bonds is 4. The molecule has 2 aromatic rings. The van der Waals surface area contributed by atoms with E-state index in [-0.39, 0.29) is 18.5 Å². The quantitative estimate of drug-likeness (QED) is 0.766. The summed E-state index contributed by atoms with van der Waals surface area (Å²) in [6.07, 6.45) is -0.490. The van der Waals surface area contributed by atoms with Crippen LogP contribution in [0.5, 0.6) is 0 Å². The fraction of sp³-hybridized carbons (Fsp3) is 0.333. The summed E-state index contributed by atoms with van der Waals surface area (Å²) in [6, 6.07) is 15.1. The Morgan fingerprint density at radius 1 is 1.22 bits per heavy atom. The lowest BCUT2D eigenvalue weighted by atomic mass is 10.1. The molecule has 2 aromatic carbocycles. The lowest BCUT2D eigenvalue weighted by molar-refractivity contribution is 0.0489. The van der Waals surface area contributed by atoms with Gasteiger partial charge in [0, 0.05) is 23.1 Å². The summed E-state index contributed by atoms with van der Waals surface area (Å²) >= 11 is 3.46. The summed E-state index contributed by atoms with van der Waals surface area (Å²) in [5, 5.41) is 2.81. The predicted octanol–water partition coefficient (Wildman–Crippen LogP) is 4.67. The van der Waals surface area contributed by atoms with Gasteiger partial charge in [-0.1, -0.05) is 46.3 Å². The van der Waals surface area contributed by atoms with E-state index < -0.39 is 11.7 Å². The fourth-order valence-corrected chi connectivity index (χ4v) is 3.55. The Bertz CT molecular complexity index is 846. The number of ether oxygens (including phenoxy) is 1. The average Bonchev–Trinajstić information content (AvgIpc) is 2.90. The molecule has 142 valence electrons. The van der Waals surface area contributed by atoms with Gasteiger partial charge in [0.15, 0.2) is 0 Å². The first-order valence-corrected chi connectivity index (χ1v) is 9.65. The van der Waals surface area contributed by atoms with Crippen molar-refractivity contribution < 1.29 is 14.3 Å². The van der Waals surface area contributed by atoms with Crippen molar-refractivity contribution in [3.8, 4) is 0 Å². The van der Waals surface area contributed by atoms with Gasteiger partial charge in [0.25, 0.3) is 5.91 Å². The first kappa shape index (κ1) is 19.4. The van der Waals surface area contributed by atoms with Gasteiger partial charge in [0.1, 0.15) is 5.60 Å². The molecular formula is C21H23BrN2O3. The van der Waals surface area contributed by atoms with Crippen LogP contribution in [0, 0.1) is 0 Å². The molecule has 1 atom stereocenters. The molecule has 0 spiro atoms. The minimum Gasteiger partial charge on any atom is -0.444 e. The van der Waals surface area contributed by atoms with Crippen LogP contribution in [0.3, 0.4) is 0 Å². The van der Waals surface area contributed by atoms with Gasteiger partial charge in [-0.15, -0.1) is 0 Å². The van der Waals surface area contributed by atoms with Crippen molar-refractivity contribution in [3.05, 3.63) is 69.7 Å². The molecular weight excluding hydrogens is 408 g/mol. The minimum absolute atomic E-state index is 0.0302. The van der Waals surface area contributed by atoms with Gasteiger partial charge in [-0.25, -0.2) is 4.79 Å². The number of amides is 2. The third-order valence-corrected chi connectivity index (χ3v) is 4.79. The molecule has 0 bridgehead atoms. The fourth-order valence-electron chi connectivity index (χ4n) is 3.14. The summed E-state index contributed by atoms with van der Waals surface area (Å²) in [6.45, 7) is 6.24. The number of carbonyl (C=O) groups is 2. The van der Waals surface area contributed by atoms with Crippen molar-refractivity contribution in [2.75, 3.05) is 6.54 Å². The Balaban J connectivity index is 1.82. The van der Waals surface area contributed by atoms with Gasteiger partial charge < -0.3 is 15.0 Å². The third-order valence-electron chi connectivity index (χ3n) is 4.30. The zero-order valence-corrected chi connectivity index (χ0v) is 17.2. The van der Waals surface area contributed by atoms with Crippen molar-refractivity contribution in [3.63, 3.8) is 0 Å². The highest BCUT2D eigenvalue weighted by Crippen LogP contribution is 2.32. The molecule has 0 saturated carbocycles. The summed E-state index contributed by atoms with van der Waals surface area (Å²) in [7, 11) is 0. The number of fused-ring (bicyclic) bond motifs is 1. The molecule has 2 amide bonds. The summed E-state index contributed by atoms with van der Waals surface area (Å²) in [5.41, 5.74) is 2.08. The number of nitrogens with zero attached hydrogens (tertiary/aromatic N) is 1. The molecule has 5 nitrogen and oxygen atoms in total. The maximum absolute atomic E-state index is 13.0. The van der Waals surface area contributed by atoms with Crippen LogP contribution < -0.4 is 5.32 Å². The molecule has 0 radical (unpaired) electrons. The number of halogens is 1. The van der Waals surface area contributed by atoms with E-state index in [9.17, 15) is 9.59 Å². The molecule has 0 aliphatic carbocycles. The van der Waals surface area contributed by atoms with Crippen LogP contribution in [-0.4, -0.2) is 29.0 Å². The number of carbonyl (C=O) groups excluding carboxylic acids is 2. The van der Waals surface area contributed by atoms with Gasteiger partial charge >= 0.3 is 6.09 Å². The van der Waals surface area contributed by atoms with Crippen LogP contribution in [0.2, 0.25) is 0 Å². The van der Waals surface area contributed by atoms with Gasteiger partial charge in [0.05, 0.1) is 6.04 Å². The highest BCUT2D eigenvalue weighted by molar-refractivity contribution is 9.10. The first-order valence-electron chi connectivity index (χ1n) is 8.86. The maximum atomic E-state index is 13.0. The van der Waals surface area contributed by atoms with Crippen LogP contribution in [0.15, 0.2) is 53.0 Å². The average molecular weight is 431 g/mol. The number of hydrogen-bond acceptors (Lipinski definition) is 3. The molecule has 1 aliphatic rings.